The zero-order valence-corrected chi connectivity index (χ0v) is 11.9. The number of pyridine rings is 1. The summed E-state index contributed by atoms with van der Waals surface area (Å²) in [5, 5.41) is 0. The van der Waals surface area contributed by atoms with Crippen LogP contribution in [0.5, 0.6) is 11.5 Å². The highest BCUT2D eigenvalue weighted by Gasteiger charge is 2.13. The Morgan fingerprint density at radius 1 is 1.32 bits per heavy atom. The van der Waals surface area contributed by atoms with E-state index in [-0.39, 0.29) is 17.1 Å². The van der Waals surface area contributed by atoms with E-state index in [4.69, 9.17) is 9.47 Å². The smallest absolute Gasteiger partial charge is 0.345 e. The summed E-state index contributed by atoms with van der Waals surface area (Å²) < 4.78 is 23.5. The van der Waals surface area contributed by atoms with Gasteiger partial charge in [-0.3, -0.25) is 0 Å². The predicted molar refractivity (Wildman–Crippen MR) is 76.5 cm³/mol. The number of halogens is 1. The summed E-state index contributed by atoms with van der Waals surface area (Å²) in [7, 11) is 1.36. The standard InChI is InChI=1S/C15H12FN3O3/c1-8-18-12-5-9(7-17-14(12)19-8)15(20)22-10-3-4-13(21-2)11(16)6-10/h3-7H,1-2H3,(H,17,18,19). The lowest BCUT2D eigenvalue weighted by Gasteiger charge is -2.06. The Hall–Kier alpha value is -2.96. The molecule has 0 saturated heterocycles. The molecule has 2 aromatic heterocycles. The summed E-state index contributed by atoms with van der Waals surface area (Å²) in [6.45, 7) is 1.79. The molecule has 112 valence electrons. The largest absolute Gasteiger partial charge is 0.494 e. The molecule has 0 atom stereocenters. The van der Waals surface area contributed by atoms with Crippen LogP contribution in [0, 0.1) is 12.7 Å². The number of carbonyl (C=O) groups is 1. The van der Waals surface area contributed by atoms with Crippen molar-refractivity contribution in [3.8, 4) is 11.5 Å². The minimum Gasteiger partial charge on any atom is -0.494 e. The molecule has 0 fully saturated rings. The van der Waals surface area contributed by atoms with Crippen LogP contribution < -0.4 is 9.47 Å². The summed E-state index contributed by atoms with van der Waals surface area (Å²) in [5.74, 6) is -0.373. The van der Waals surface area contributed by atoms with Crippen molar-refractivity contribution in [2.24, 2.45) is 0 Å². The maximum absolute atomic E-state index is 13.6. The summed E-state index contributed by atoms with van der Waals surface area (Å²) in [6.07, 6.45) is 1.37. The average Bonchev–Trinajstić information content (AvgIpc) is 2.86. The van der Waals surface area contributed by atoms with Gasteiger partial charge in [0.15, 0.2) is 17.2 Å². The molecule has 0 aliphatic rings. The van der Waals surface area contributed by atoms with Crippen molar-refractivity contribution >= 4 is 17.1 Å². The van der Waals surface area contributed by atoms with Crippen molar-refractivity contribution in [2.45, 2.75) is 6.92 Å². The fourth-order valence-corrected chi connectivity index (χ4v) is 2.01. The summed E-state index contributed by atoms with van der Waals surface area (Å²) >= 11 is 0. The maximum Gasteiger partial charge on any atom is 0.345 e. The number of methoxy groups -OCH3 is 1. The molecular formula is C15H12FN3O3. The first-order chi connectivity index (χ1) is 10.6. The Labute approximate surface area is 124 Å². The Bertz CT molecular complexity index is 860. The first-order valence-electron chi connectivity index (χ1n) is 6.45. The fraction of sp³-hybridized carbons (Fsp3) is 0.133. The third kappa shape index (κ3) is 2.60. The molecule has 7 heteroatoms. The quantitative estimate of drug-likeness (QED) is 0.594. The minimum atomic E-state index is -0.633. The first kappa shape index (κ1) is 14.0. The SMILES string of the molecule is COc1ccc(OC(=O)c2cnc3nc(C)[nH]c3c2)cc1F. The highest BCUT2D eigenvalue weighted by molar-refractivity contribution is 5.93. The van der Waals surface area contributed by atoms with Crippen LogP contribution in [0.15, 0.2) is 30.5 Å². The molecule has 0 radical (unpaired) electrons. The van der Waals surface area contributed by atoms with Crippen LogP contribution in [-0.4, -0.2) is 28.0 Å². The number of nitrogens with zero attached hydrogens (tertiary/aromatic N) is 2. The lowest BCUT2D eigenvalue weighted by Crippen LogP contribution is -2.09. The van der Waals surface area contributed by atoms with E-state index >= 15 is 0 Å². The molecule has 1 N–H and O–H groups in total. The van der Waals surface area contributed by atoms with Crippen molar-refractivity contribution in [3.63, 3.8) is 0 Å². The average molecular weight is 301 g/mol. The number of aromatic nitrogens is 3. The van der Waals surface area contributed by atoms with Gasteiger partial charge in [-0.05, 0) is 25.1 Å². The number of aromatic amines is 1. The van der Waals surface area contributed by atoms with E-state index in [2.05, 4.69) is 15.0 Å². The van der Waals surface area contributed by atoms with Crippen molar-refractivity contribution in [3.05, 3.63) is 47.7 Å². The van der Waals surface area contributed by atoms with E-state index in [0.717, 1.165) is 6.07 Å². The number of carbonyl (C=O) groups excluding carboxylic acids is 1. The van der Waals surface area contributed by atoms with Crippen LogP contribution in [0.1, 0.15) is 16.2 Å². The Morgan fingerprint density at radius 3 is 2.86 bits per heavy atom. The van der Waals surface area contributed by atoms with Gasteiger partial charge in [-0.15, -0.1) is 0 Å². The van der Waals surface area contributed by atoms with Gasteiger partial charge in [-0.25, -0.2) is 19.2 Å². The molecule has 0 saturated carbocycles. The van der Waals surface area contributed by atoms with Crippen LogP contribution in [-0.2, 0) is 0 Å². The Kier molecular flexibility index (Phi) is 3.46. The molecule has 3 aromatic rings. The second kappa shape index (κ2) is 5.44. The van der Waals surface area contributed by atoms with Crippen molar-refractivity contribution < 1.29 is 18.7 Å². The van der Waals surface area contributed by atoms with Gasteiger partial charge in [0.2, 0.25) is 0 Å². The van der Waals surface area contributed by atoms with Gasteiger partial charge in [0.05, 0.1) is 18.2 Å². The zero-order chi connectivity index (χ0) is 15.7. The van der Waals surface area contributed by atoms with Crippen LogP contribution in [0.25, 0.3) is 11.2 Å². The molecule has 2 heterocycles. The Morgan fingerprint density at radius 2 is 2.14 bits per heavy atom. The number of aryl methyl sites for hydroxylation is 1. The van der Waals surface area contributed by atoms with E-state index in [1.807, 2.05) is 0 Å². The van der Waals surface area contributed by atoms with Crippen molar-refractivity contribution in [2.75, 3.05) is 7.11 Å². The predicted octanol–water partition coefficient (Wildman–Crippen LogP) is 2.63. The van der Waals surface area contributed by atoms with Gasteiger partial charge in [0, 0.05) is 12.3 Å². The Balaban J connectivity index is 1.84. The number of hydrogen-bond donors (Lipinski definition) is 1. The molecule has 0 aliphatic carbocycles. The molecule has 6 nitrogen and oxygen atoms in total. The number of nitrogens with one attached hydrogen (secondary N) is 1. The molecule has 0 amide bonds. The maximum atomic E-state index is 13.6. The van der Waals surface area contributed by atoms with Gasteiger partial charge in [0.25, 0.3) is 0 Å². The van der Waals surface area contributed by atoms with Gasteiger partial charge < -0.3 is 14.5 Å². The van der Waals surface area contributed by atoms with E-state index < -0.39 is 11.8 Å². The summed E-state index contributed by atoms with van der Waals surface area (Å²) in [6, 6.07) is 5.51. The van der Waals surface area contributed by atoms with Crippen LogP contribution in [0.2, 0.25) is 0 Å². The van der Waals surface area contributed by atoms with Crippen LogP contribution in [0.3, 0.4) is 0 Å². The second-order valence-corrected chi connectivity index (χ2v) is 4.60. The van der Waals surface area contributed by atoms with Gasteiger partial charge >= 0.3 is 5.97 Å². The number of H-pyrrole nitrogens is 1. The number of imidazole rings is 1. The molecule has 3 rings (SSSR count). The number of benzene rings is 1. The molecule has 1 aromatic carbocycles. The molecule has 0 unspecified atom stereocenters. The lowest BCUT2D eigenvalue weighted by atomic mass is 10.2. The monoisotopic (exact) mass is 301 g/mol. The topological polar surface area (TPSA) is 77.1 Å². The molecule has 0 bridgehead atoms. The van der Waals surface area contributed by atoms with Crippen molar-refractivity contribution in [1.29, 1.82) is 0 Å². The molecular weight excluding hydrogens is 289 g/mol. The van der Waals surface area contributed by atoms with Crippen LogP contribution in [0.4, 0.5) is 4.39 Å². The van der Waals surface area contributed by atoms with Crippen LogP contribution >= 0.6 is 0 Å². The number of esters is 1. The number of hydrogen-bond acceptors (Lipinski definition) is 5. The lowest BCUT2D eigenvalue weighted by molar-refractivity contribution is 0.0734. The first-order valence-corrected chi connectivity index (χ1v) is 6.45. The van der Waals surface area contributed by atoms with E-state index in [9.17, 15) is 9.18 Å². The van der Waals surface area contributed by atoms with Gasteiger partial charge in [0.1, 0.15) is 11.6 Å². The highest BCUT2D eigenvalue weighted by Crippen LogP contribution is 2.23. The van der Waals surface area contributed by atoms with Gasteiger partial charge in [-0.2, -0.15) is 0 Å². The number of fused-ring (bicyclic) bond motifs is 1. The number of ether oxygens (including phenoxy) is 2. The molecule has 22 heavy (non-hydrogen) atoms. The second-order valence-electron chi connectivity index (χ2n) is 4.60. The zero-order valence-electron chi connectivity index (χ0n) is 11.9. The molecule has 0 spiro atoms. The minimum absolute atomic E-state index is 0.0795. The summed E-state index contributed by atoms with van der Waals surface area (Å²) in [5.41, 5.74) is 1.39. The van der Waals surface area contributed by atoms with E-state index in [0.29, 0.717) is 17.0 Å². The summed E-state index contributed by atoms with van der Waals surface area (Å²) in [4.78, 5) is 23.3. The third-order valence-corrected chi connectivity index (χ3v) is 3.03. The third-order valence-electron chi connectivity index (χ3n) is 3.03. The highest BCUT2D eigenvalue weighted by atomic mass is 19.1. The number of rotatable bonds is 3. The van der Waals surface area contributed by atoms with Crippen molar-refractivity contribution in [1.82, 2.24) is 15.0 Å². The van der Waals surface area contributed by atoms with E-state index in [1.165, 1.54) is 25.4 Å². The molecule has 0 aliphatic heterocycles. The normalized spacial score (nSPS) is 10.7. The van der Waals surface area contributed by atoms with Gasteiger partial charge in [-0.1, -0.05) is 0 Å². The fourth-order valence-electron chi connectivity index (χ4n) is 2.01. The van der Waals surface area contributed by atoms with E-state index in [1.54, 1.807) is 13.0 Å².